The number of sulfonamides is 1. The topological polar surface area (TPSA) is 119 Å². The lowest BCUT2D eigenvalue weighted by Crippen LogP contribution is -2.28. The zero-order valence-electron chi connectivity index (χ0n) is 20.6. The van der Waals surface area contributed by atoms with Crippen LogP contribution in [-0.4, -0.2) is 36.5 Å². The maximum absolute atomic E-state index is 13.1. The number of rotatable bonds is 9. The fourth-order valence-electron chi connectivity index (χ4n) is 3.93. The molecule has 1 aliphatic heterocycles. The number of nitrogens with zero attached hydrogens (tertiary/aromatic N) is 3. The number of ether oxygens (including phenoxy) is 3. The van der Waals surface area contributed by atoms with E-state index in [1.165, 1.54) is 24.9 Å². The van der Waals surface area contributed by atoms with Crippen molar-refractivity contribution in [1.29, 1.82) is 0 Å². The van der Waals surface area contributed by atoms with Gasteiger partial charge in [0.15, 0.2) is 12.1 Å². The molecule has 0 spiro atoms. The Kier molecular flexibility index (Phi) is 7.51. The molecule has 14 heteroatoms. The van der Waals surface area contributed by atoms with Crippen LogP contribution in [0.5, 0.6) is 5.75 Å². The number of aromatic amines is 1. The summed E-state index contributed by atoms with van der Waals surface area (Å²) in [6, 6.07) is 10.5. The summed E-state index contributed by atoms with van der Waals surface area (Å²) in [4.78, 5) is 5.86. The average molecular weight is 574 g/mol. The fourth-order valence-corrected chi connectivity index (χ4v) is 5.05. The van der Waals surface area contributed by atoms with Gasteiger partial charge in [-0.2, -0.15) is 4.98 Å². The number of anilines is 2. The first-order valence-electron chi connectivity index (χ1n) is 11.9. The molecule has 0 radical (unpaired) electrons. The lowest BCUT2D eigenvalue weighted by atomic mass is 10.1. The molecule has 0 amide bonds. The minimum atomic E-state index is -4.97. The first kappa shape index (κ1) is 26.9. The van der Waals surface area contributed by atoms with Crippen molar-refractivity contribution in [3.8, 4) is 17.1 Å². The summed E-state index contributed by atoms with van der Waals surface area (Å²) in [7, 11) is -4.30. The van der Waals surface area contributed by atoms with Crippen molar-refractivity contribution in [2.75, 3.05) is 16.2 Å². The number of benzene rings is 2. The van der Waals surface area contributed by atoms with Crippen LogP contribution in [0.2, 0.25) is 0 Å². The van der Waals surface area contributed by atoms with Crippen molar-refractivity contribution in [3.63, 3.8) is 0 Å². The van der Waals surface area contributed by atoms with Crippen LogP contribution in [0.25, 0.3) is 11.4 Å². The van der Waals surface area contributed by atoms with E-state index in [9.17, 15) is 21.6 Å². The summed E-state index contributed by atoms with van der Waals surface area (Å²) in [5, 5.41) is 7.14. The van der Waals surface area contributed by atoms with Crippen LogP contribution in [0.3, 0.4) is 0 Å². The summed E-state index contributed by atoms with van der Waals surface area (Å²) in [6.45, 7) is 0.412. The standard InChI is InChI=1S/C26H22F3N5O5S/c27-26(28,29)39-19-9-6-10-20(15-19)40(35,36)33-22-12-5-4-11-21(22)24-30-25(32-31-24)34(23-17-37-13-14-38-23)16-18-7-2-1-3-8-18/h1-2,4-7,9-15,17,33H,3,8,16H2,(H,30,31,32). The molecule has 0 unspecified atom stereocenters. The number of hydrogen-bond acceptors (Lipinski definition) is 8. The second kappa shape index (κ2) is 11.2. The van der Waals surface area contributed by atoms with Crippen LogP contribution in [0.4, 0.5) is 24.8 Å². The highest BCUT2D eigenvalue weighted by atomic mass is 32.2. The van der Waals surface area contributed by atoms with E-state index in [1.54, 1.807) is 23.1 Å². The van der Waals surface area contributed by atoms with Gasteiger partial charge in [-0.3, -0.25) is 14.7 Å². The lowest BCUT2D eigenvalue weighted by Gasteiger charge is -2.25. The highest BCUT2D eigenvalue weighted by Gasteiger charge is 2.31. The SMILES string of the molecule is O=S(=O)(Nc1ccccc1-c1nc(N(CC2=CC=CCC2)C2=COC=CO2)n[nH]1)c1cccc(OC(F)(F)F)c1. The molecule has 2 aliphatic rings. The molecule has 0 saturated carbocycles. The number of aromatic nitrogens is 3. The Bertz CT molecular complexity index is 1610. The van der Waals surface area contributed by atoms with Crippen molar-refractivity contribution in [1.82, 2.24) is 15.2 Å². The van der Waals surface area contributed by atoms with E-state index in [0.29, 0.717) is 18.0 Å². The third kappa shape index (κ3) is 6.46. The van der Waals surface area contributed by atoms with E-state index in [0.717, 1.165) is 42.7 Å². The summed E-state index contributed by atoms with van der Waals surface area (Å²) in [5.74, 6) is 0.159. The Morgan fingerprint density at radius 1 is 1.12 bits per heavy atom. The lowest BCUT2D eigenvalue weighted by molar-refractivity contribution is -0.274. The van der Waals surface area contributed by atoms with Gasteiger partial charge in [-0.25, -0.2) is 8.42 Å². The fraction of sp³-hybridized carbons (Fsp3) is 0.154. The first-order valence-corrected chi connectivity index (χ1v) is 13.4. The van der Waals surface area contributed by atoms with Crippen molar-refractivity contribution in [2.24, 2.45) is 0 Å². The maximum atomic E-state index is 13.1. The van der Waals surface area contributed by atoms with E-state index >= 15 is 0 Å². The Hall–Kier alpha value is -4.72. The number of hydrogen-bond donors (Lipinski definition) is 2. The third-order valence-electron chi connectivity index (χ3n) is 5.71. The van der Waals surface area contributed by atoms with Gasteiger partial charge in [0.1, 0.15) is 18.3 Å². The van der Waals surface area contributed by atoms with Gasteiger partial charge in [0, 0.05) is 11.6 Å². The third-order valence-corrected chi connectivity index (χ3v) is 7.07. The first-order chi connectivity index (χ1) is 19.2. The molecule has 208 valence electrons. The maximum Gasteiger partial charge on any atom is 0.573 e. The Morgan fingerprint density at radius 3 is 2.73 bits per heavy atom. The van der Waals surface area contributed by atoms with Gasteiger partial charge in [0.25, 0.3) is 16.0 Å². The number of nitrogens with one attached hydrogen (secondary N) is 2. The molecular weight excluding hydrogens is 551 g/mol. The van der Waals surface area contributed by atoms with E-state index < -0.39 is 27.0 Å². The van der Waals surface area contributed by atoms with E-state index in [1.807, 2.05) is 12.2 Å². The largest absolute Gasteiger partial charge is 0.573 e. The van der Waals surface area contributed by atoms with Gasteiger partial charge in [-0.15, -0.1) is 18.3 Å². The summed E-state index contributed by atoms with van der Waals surface area (Å²) in [6.07, 6.45) is 6.98. The Labute approximate surface area is 227 Å². The molecule has 0 saturated heterocycles. The molecule has 0 atom stereocenters. The van der Waals surface area contributed by atoms with Crippen molar-refractivity contribution >= 4 is 21.7 Å². The van der Waals surface area contributed by atoms with Crippen LogP contribution < -0.4 is 14.4 Å². The van der Waals surface area contributed by atoms with Crippen LogP contribution >= 0.6 is 0 Å². The zero-order chi connectivity index (χ0) is 28.2. The number of H-pyrrole nitrogens is 1. The smallest absolute Gasteiger partial charge is 0.464 e. The molecule has 2 N–H and O–H groups in total. The highest BCUT2D eigenvalue weighted by Crippen LogP contribution is 2.31. The molecule has 3 aromatic rings. The summed E-state index contributed by atoms with van der Waals surface area (Å²) in [5.41, 5.74) is 1.58. The summed E-state index contributed by atoms with van der Waals surface area (Å²) < 4.78 is 81.2. The average Bonchev–Trinajstić information content (AvgIpc) is 3.42. The van der Waals surface area contributed by atoms with Gasteiger partial charge in [-0.1, -0.05) is 42.0 Å². The molecular formula is C26H22F3N5O5S. The van der Waals surface area contributed by atoms with E-state index in [2.05, 4.69) is 30.7 Å². The molecule has 10 nitrogen and oxygen atoms in total. The minimum absolute atomic E-state index is 0.124. The van der Waals surface area contributed by atoms with E-state index in [4.69, 9.17) is 9.47 Å². The van der Waals surface area contributed by atoms with Gasteiger partial charge in [0.05, 0.1) is 17.1 Å². The van der Waals surface area contributed by atoms with Crippen molar-refractivity contribution in [3.05, 3.63) is 97.0 Å². The van der Waals surface area contributed by atoms with E-state index in [-0.39, 0.29) is 17.5 Å². The quantitative estimate of drug-likeness (QED) is 0.341. The van der Waals surface area contributed by atoms with Crippen LogP contribution in [0.1, 0.15) is 12.8 Å². The van der Waals surface area contributed by atoms with Crippen LogP contribution in [0.15, 0.2) is 102 Å². The summed E-state index contributed by atoms with van der Waals surface area (Å²) >= 11 is 0. The second-order valence-corrected chi connectivity index (χ2v) is 10.2. The van der Waals surface area contributed by atoms with Crippen LogP contribution in [-0.2, 0) is 19.5 Å². The molecule has 0 bridgehead atoms. The Morgan fingerprint density at radius 2 is 1.98 bits per heavy atom. The molecule has 1 aliphatic carbocycles. The van der Waals surface area contributed by atoms with Gasteiger partial charge in [0.2, 0.25) is 5.88 Å². The predicted octanol–water partition coefficient (Wildman–Crippen LogP) is 5.57. The van der Waals surface area contributed by atoms with Gasteiger partial charge < -0.3 is 14.2 Å². The highest BCUT2D eigenvalue weighted by molar-refractivity contribution is 7.92. The van der Waals surface area contributed by atoms with Gasteiger partial charge >= 0.3 is 6.36 Å². The molecule has 2 aromatic carbocycles. The monoisotopic (exact) mass is 573 g/mol. The van der Waals surface area contributed by atoms with Crippen molar-refractivity contribution in [2.45, 2.75) is 24.1 Å². The zero-order valence-corrected chi connectivity index (χ0v) is 21.4. The van der Waals surface area contributed by atoms with Crippen LogP contribution in [0, 0.1) is 0 Å². The molecule has 0 fully saturated rings. The number of alkyl halides is 3. The molecule has 1 aromatic heterocycles. The predicted molar refractivity (Wildman–Crippen MR) is 139 cm³/mol. The second-order valence-electron chi connectivity index (χ2n) is 8.52. The molecule has 40 heavy (non-hydrogen) atoms. The normalized spacial score (nSPS) is 15.0. The molecule has 5 rings (SSSR count). The van der Waals surface area contributed by atoms with Crippen molar-refractivity contribution < 1.29 is 35.8 Å². The number of allylic oxidation sites excluding steroid dienone is 3. The van der Waals surface area contributed by atoms with Gasteiger partial charge in [-0.05, 0) is 37.1 Å². The number of para-hydroxylation sites is 1. The Balaban J connectivity index is 1.43. The number of halogens is 3. The molecule has 2 heterocycles. The minimum Gasteiger partial charge on any atom is -0.464 e.